The zero-order chi connectivity index (χ0) is 28.8. The molecule has 5 rings (SSSR count). The van der Waals surface area contributed by atoms with Crippen LogP contribution in [0.25, 0.3) is 11.1 Å². The molecule has 0 amide bonds. The molecular formula is C34H38N2O5. The first-order valence-corrected chi connectivity index (χ1v) is 14.0. The van der Waals surface area contributed by atoms with Crippen molar-refractivity contribution in [1.82, 2.24) is 4.90 Å². The third-order valence-corrected chi connectivity index (χ3v) is 7.60. The van der Waals surface area contributed by atoms with Crippen LogP contribution in [0, 0.1) is 0 Å². The molecule has 214 valence electrons. The summed E-state index contributed by atoms with van der Waals surface area (Å²) in [7, 11) is 1.95. The van der Waals surface area contributed by atoms with Gasteiger partial charge in [-0.15, -0.1) is 0 Å². The van der Waals surface area contributed by atoms with Crippen LogP contribution in [0.3, 0.4) is 0 Å². The number of benzene rings is 4. The zero-order valence-corrected chi connectivity index (χ0v) is 23.3. The lowest BCUT2D eigenvalue weighted by Crippen LogP contribution is -2.39. The first-order valence-electron chi connectivity index (χ1n) is 14.0. The van der Waals surface area contributed by atoms with Crippen LogP contribution in [-0.2, 0) is 22.6 Å². The number of aliphatic hydroxyl groups is 2. The van der Waals surface area contributed by atoms with E-state index in [-0.39, 0.29) is 24.6 Å². The maximum absolute atomic E-state index is 10.8. The number of hydrogen-bond acceptors (Lipinski definition) is 7. The van der Waals surface area contributed by atoms with Crippen molar-refractivity contribution in [3.63, 3.8) is 0 Å². The predicted octanol–water partition coefficient (Wildman–Crippen LogP) is 5.22. The van der Waals surface area contributed by atoms with Gasteiger partial charge in [-0.05, 0) is 52.6 Å². The molecule has 41 heavy (non-hydrogen) atoms. The molecule has 0 radical (unpaired) electrons. The van der Waals surface area contributed by atoms with Crippen LogP contribution in [0.1, 0.15) is 52.7 Å². The minimum atomic E-state index is -0.742. The SMILES string of the molecule is CN(C[C@@H]1C[C@H](c2ccc(CO)cc2)O[C@H](c2ccc(-c3ccccc3CN)cc2)O1)C[C@@H](O)c1cccc(O)c1. The summed E-state index contributed by atoms with van der Waals surface area (Å²) in [6.45, 7) is 1.44. The van der Waals surface area contributed by atoms with E-state index in [9.17, 15) is 15.3 Å². The van der Waals surface area contributed by atoms with Crippen LogP contribution >= 0.6 is 0 Å². The van der Waals surface area contributed by atoms with Crippen LogP contribution in [0.4, 0.5) is 0 Å². The van der Waals surface area contributed by atoms with Crippen LogP contribution in [0.15, 0.2) is 97.1 Å². The second kappa shape index (κ2) is 13.4. The number of likely N-dealkylation sites (N-methyl/N-ethyl adjacent to an activating group) is 1. The maximum Gasteiger partial charge on any atom is 0.184 e. The quantitative estimate of drug-likeness (QED) is 0.213. The number of nitrogens with zero attached hydrogens (tertiary/aromatic N) is 1. The minimum absolute atomic E-state index is 0.00783. The molecule has 1 saturated heterocycles. The van der Waals surface area contributed by atoms with Crippen LogP contribution in [-0.4, -0.2) is 46.5 Å². The molecule has 4 aromatic carbocycles. The fourth-order valence-electron chi connectivity index (χ4n) is 5.39. The van der Waals surface area contributed by atoms with E-state index in [2.05, 4.69) is 18.2 Å². The summed E-state index contributed by atoms with van der Waals surface area (Å²) in [6.07, 6.45) is -1.03. The Morgan fingerprint density at radius 2 is 1.63 bits per heavy atom. The first-order chi connectivity index (χ1) is 19.9. The standard InChI is InChI=1S/C34H38N2O5/c1-36(21-32(39)27-6-4-7-29(38)17-27)20-30-18-33(25-11-9-23(22-37)10-12-25)41-34(40-30)26-15-13-24(14-16-26)31-8-3-2-5-28(31)19-35/h2-17,30,32-34,37-39H,18-22,35H2,1H3/t30-,32+,33+,34+/m0/s1. The third-order valence-electron chi connectivity index (χ3n) is 7.60. The van der Waals surface area contributed by atoms with E-state index in [1.54, 1.807) is 24.3 Å². The number of aliphatic hydroxyl groups excluding tert-OH is 2. The highest BCUT2D eigenvalue weighted by molar-refractivity contribution is 5.67. The van der Waals surface area contributed by atoms with Gasteiger partial charge in [0.1, 0.15) is 5.75 Å². The summed E-state index contributed by atoms with van der Waals surface area (Å²) in [6, 6.07) is 30.9. The molecule has 1 aliphatic heterocycles. The fourth-order valence-corrected chi connectivity index (χ4v) is 5.39. The smallest absolute Gasteiger partial charge is 0.184 e. The lowest BCUT2D eigenvalue weighted by Gasteiger charge is -2.38. The van der Waals surface area contributed by atoms with Gasteiger partial charge in [0, 0.05) is 31.6 Å². The molecule has 0 aromatic heterocycles. The number of phenols is 1. The topological polar surface area (TPSA) is 108 Å². The summed E-state index contributed by atoms with van der Waals surface area (Å²) in [4.78, 5) is 2.04. The Kier molecular flexibility index (Phi) is 9.46. The van der Waals surface area contributed by atoms with Gasteiger partial charge in [-0.2, -0.15) is 0 Å². The molecular weight excluding hydrogens is 516 g/mol. The fraction of sp³-hybridized carbons (Fsp3) is 0.294. The number of hydrogen-bond donors (Lipinski definition) is 4. The summed E-state index contributed by atoms with van der Waals surface area (Å²) in [5, 5.41) is 30.0. The largest absolute Gasteiger partial charge is 0.508 e. The zero-order valence-electron chi connectivity index (χ0n) is 23.3. The first kappa shape index (κ1) is 29.0. The summed E-state index contributed by atoms with van der Waals surface area (Å²) in [5.74, 6) is 0.132. The molecule has 1 heterocycles. The van der Waals surface area contributed by atoms with E-state index in [1.165, 1.54) is 0 Å². The molecule has 7 heteroatoms. The molecule has 0 unspecified atom stereocenters. The van der Waals surface area contributed by atoms with Crippen molar-refractivity contribution in [3.05, 3.63) is 125 Å². The van der Waals surface area contributed by atoms with Gasteiger partial charge in [-0.3, -0.25) is 0 Å². The van der Waals surface area contributed by atoms with Gasteiger partial charge in [0.05, 0.1) is 24.9 Å². The molecule has 0 aliphatic carbocycles. The van der Waals surface area contributed by atoms with Crippen molar-refractivity contribution in [2.75, 3.05) is 20.1 Å². The molecule has 7 nitrogen and oxygen atoms in total. The molecule has 0 bridgehead atoms. The minimum Gasteiger partial charge on any atom is -0.508 e. The van der Waals surface area contributed by atoms with E-state index >= 15 is 0 Å². The number of aromatic hydroxyl groups is 1. The van der Waals surface area contributed by atoms with Crippen molar-refractivity contribution in [1.29, 1.82) is 0 Å². The van der Waals surface area contributed by atoms with Crippen molar-refractivity contribution in [3.8, 4) is 16.9 Å². The Morgan fingerprint density at radius 3 is 2.34 bits per heavy atom. The predicted molar refractivity (Wildman–Crippen MR) is 159 cm³/mol. The molecule has 1 aliphatic rings. The normalized spacial score (nSPS) is 19.8. The lowest BCUT2D eigenvalue weighted by atomic mass is 9.97. The van der Waals surface area contributed by atoms with Gasteiger partial charge in [0.2, 0.25) is 0 Å². The van der Waals surface area contributed by atoms with Gasteiger partial charge in [0.25, 0.3) is 0 Å². The Bertz CT molecular complexity index is 1410. The number of ether oxygens (including phenoxy) is 2. The molecule has 4 aromatic rings. The Labute approximate surface area is 241 Å². The van der Waals surface area contributed by atoms with Gasteiger partial charge in [-0.1, -0.05) is 84.9 Å². The van der Waals surface area contributed by atoms with Gasteiger partial charge in [0.15, 0.2) is 6.29 Å². The van der Waals surface area contributed by atoms with E-state index in [4.69, 9.17) is 15.2 Å². The van der Waals surface area contributed by atoms with E-state index < -0.39 is 12.4 Å². The van der Waals surface area contributed by atoms with E-state index in [0.29, 0.717) is 31.6 Å². The highest BCUT2D eigenvalue weighted by Gasteiger charge is 2.33. The Morgan fingerprint density at radius 1 is 0.902 bits per heavy atom. The molecule has 1 fully saturated rings. The maximum atomic E-state index is 10.8. The second-order valence-electron chi connectivity index (χ2n) is 10.7. The van der Waals surface area contributed by atoms with Crippen molar-refractivity contribution >= 4 is 0 Å². The number of phenolic OH excluding ortho intramolecular Hbond substituents is 1. The van der Waals surface area contributed by atoms with Crippen LogP contribution in [0.5, 0.6) is 5.75 Å². The van der Waals surface area contributed by atoms with Crippen molar-refractivity contribution < 1.29 is 24.8 Å². The highest BCUT2D eigenvalue weighted by atomic mass is 16.7. The van der Waals surface area contributed by atoms with Crippen molar-refractivity contribution in [2.45, 2.75) is 44.2 Å². The summed E-state index contributed by atoms with van der Waals surface area (Å²) >= 11 is 0. The van der Waals surface area contributed by atoms with Gasteiger partial charge in [-0.25, -0.2) is 0 Å². The van der Waals surface area contributed by atoms with E-state index in [1.807, 2.05) is 66.5 Å². The monoisotopic (exact) mass is 554 g/mol. The molecule has 4 atom stereocenters. The Hall–Kier alpha value is -3.56. The average Bonchev–Trinajstić information content (AvgIpc) is 3.01. The number of nitrogens with two attached hydrogens (primary N) is 1. The van der Waals surface area contributed by atoms with Crippen LogP contribution < -0.4 is 5.73 Å². The molecule has 0 spiro atoms. The van der Waals surface area contributed by atoms with Crippen LogP contribution in [0.2, 0.25) is 0 Å². The summed E-state index contributed by atoms with van der Waals surface area (Å²) in [5.41, 5.74) is 12.7. The van der Waals surface area contributed by atoms with Crippen molar-refractivity contribution in [2.24, 2.45) is 5.73 Å². The number of rotatable bonds is 10. The molecule has 5 N–H and O–H groups in total. The highest BCUT2D eigenvalue weighted by Crippen LogP contribution is 2.39. The average molecular weight is 555 g/mol. The molecule has 0 saturated carbocycles. The third kappa shape index (κ3) is 7.21. The lowest BCUT2D eigenvalue weighted by molar-refractivity contribution is -0.252. The Balaban J connectivity index is 1.34. The second-order valence-corrected chi connectivity index (χ2v) is 10.7. The van der Waals surface area contributed by atoms with E-state index in [0.717, 1.165) is 33.4 Å². The summed E-state index contributed by atoms with van der Waals surface area (Å²) < 4.78 is 13.0. The van der Waals surface area contributed by atoms with Gasteiger partial charge < -0.3 is 35.4 Å². The van der Waals surface area contributed by atoms with Gasteiger partial charge >= 0.3 is 0 Å².